The monoisotopic (exact) mass is 366 g/mol. The quantitative estimate of drug-likeness (QED) is 0.803. The Balaban J connectivity index is 1.99. The minimum Gasteiger partial charge on any atom is -0.378 e. The van der Waals surface area contributed by atoms with Crippen LogP contribution in [0.5, 0.6) is 0 Å². The van der Waals surface area contributed by atoms with Crippen molar-refractivity contribution in [2.45, 2.75) is 13.3 Å². The normalized spacial score (nSPS) is 11.2. The van der Waals surface area contributed by atoms with Crippen molar-refractivity contribution in [3.63, 3.8) is 0 Å². The summed E-state index contributed by atoms with van der Waals surface area (Å²) in [5.41, 5.74) is 1.67. The van der Waals surface area contributed by atoms with E-state index >= 15 is 0 Å². The number of amides is 1. The number of carbonyl (C=O) groups excluding carboxylic acids is 1. The SMILES string of the molecule is Cc1cc(N(CCC(=O)Nc2ccc(N(C)C)cc2)S(C)(=O)=O)no1. The molecule has 0 saturated carbocycles. The summed E-state index contributed by atoms with van der Waals surface area (Å²) in [4.78, 5) is 14.1. The number of hydrogen-bond acceptors (Lipinski definition) is 6. The van der Waals surface area contributed by atoms with Crippen molar-refractivity contribution in [1.82, 2.24) is 5.16 Å². The van der Waals surface area contributed by atoms with Crippen LogP contribution in [0.15, 0.2) is 34.9 Å². The van der Waals surface area contributed by atoms with Gasteiger partial charge in [-0.15, -0.1) is 0 Å². The molecule has 0 saturated heterocycles. The Hall–Kier alpha value is -2.55. The second-order valence-corrected chi connectivity index (χ2v) is 7.78. The van der Waals surface area contributed by atoms with E-state index in [0.29, 0.717) is 11.4 Å². The minimum atomic E-state index is -3.56. The third-order valence-corrected chi connectivity index (χ3v) is 4.65. The zero-order chi connectivity index (χ0) is 18.6. The van der Waals surface area contributed by atoms with E-state index in [1.807, 2.05) is 31.1 Å². The van der Waals surface area contributed by atoms with Gasteiger partial charge in [0.15, 0.2) is 5.82 Å². The number of sulfonamides is 1. The fourth-order valence-corrected chi connectivity index (χ4v) is 3.04. The summed E-state index contributed by atoms with van der Waals surface area (Å²) in [5, 5.41) is 6.45. The van der Waals surface area contributed by atoms with Crippen LogP contribution >= 0.6 is 0 Å². The summed E-state index contributed by atoms with van der Waals surface area (Å²) < 4.78 is 29.8. The van der Waals surface area contributed by atoms with Crippen molar-refractivity contribution < 1.29 is 17.7 Å². The van der Waals surface area contributed by atoms with E-state index in [1.54, 1.807) is 19.1 Å². The van der Waals surface area contributed by atoms with Crippen LogP contribution in [-0.2, 0) is 14.8 Å². The average Bonchev–Trinajstić information content (AvgIpc) is 2.92. The molecule has 0 spiro atoms. The first-order valence-electron chi connectivity index (χ1n) is 7.65. The minimum absolute atomic E-state index is 0.00555. The van der Waals surface area contributed by atoms with E-state index in [4.69, 9.17) is 4.52 Å². The van der Waals surface area contributed by atoms with E-state index in [0.717, 1.165) is 16.2 Å². The third-order valence-electron chi connectivity index (χ3n) is 3.48. The molecule has 0 fully saturated rings. The first-order chi connectivity index (χ1) is 11.7. The second-order valence-electron chi connectivity index (χ2n) is 5.87. The lowest BCUT2D eigenvalue weighted by molar-refractivity contribution is -0.116. The Morgan fingerprint density at radius 2 is 1.88 bits per heavy atom. The molecule has 0 atom stereocenters. The Bertz CT molecular complexity index is 828. The molecule has 1 heterocycles. The van der Waals surface area contributed by atoms with Crippen LogP contribution in [0, 0.1) is 6.92 Å². The molecule has 0 bridgehead atoms. The fraction of sp³-hybridized carbons (Fsp3) is 0.375. The molecule has 0 aliphatic heterocycles. The lowest BCUT2D eigenvalue weighted by Crippen LogP contribution is -2.33. The summed E-state index contributed by atoms with van der Waals surface area (Å²) in [5.74, 6) is 0.378. The van der Waals surface area contributed by atoms with Gasteiger partial charge in [-0.05, 0) is 31.2 Å². The molecule has 0 aliphatic carbocycles. The van der Waals surface area contributed by atoms with Gasteiger partial charge in [0.25, 0.3) is 0 Å². The van der Waals surface area contributed by atoms with Crippen molar-refractivity contribution in [1.29, 1.82) is 0 Å². The number of nitrogens with one attached hydrogen (secondary N) is 1. The summed E-state index contributed by atoms with van der Waals surface area (Å²) in [6.45, 7) is 1.65. The number of anilines is 3. The van der Waals surface area contributed by atoms with Gasteiger partial charge < -0.3 is 14.7 Å². The highest BCUT2D eigenvalue weighted by Crippen LogP contribution is 2.18. The van der Waals surface area contributed by atoms with Crippen LogP contribution in [0.2, 0.25) is 0 Å². The summed E-state index contributed by atoms with van der Waals surface area (Å²) in [6, 6.07) is 8.87. The lowest BCUT2D eigenvalue weighted by atomic mass is 10.2. The molecular formula is C16H22N4O4S. The number of aromatic nitrogens is 1. The van der Waals surface area contributed by atoms with E-state index < -0.39 is 10.0 Å². The first-order valence-corrected chi connectivity index (χ1v) is 9.50. The van der Waals surface area contributed by atoms with Gasteiger partial charge in [-0.2, -0.15) is 0 Å². The van der Waals surface area contributed by atoms with Crippen molar-refractivity contribution in [2.24, 2.45) is 0 Å². The van der Waals surface area contributed by atoms with Crippen LogP contribution in [-0.4, -0.2) is 46.4 Å². The van der Waals surface area contributed by atoms with E-state index in [-0.39, 0.29) is 24.7 Å². The van der Waals surface area contributed by atoms with E-state index in [9.17, 15) is 13.2 Å². The maximum atomic E-state index is 12.1. The highest BCUT2D eigenvalue weighted by Gasteiger charge is 2.21. The Morgan fingerprint density at radius 3 is 2.36 bits per heavy atom. The summed E-state index contributed by atoms with van der Waals surface area (Å²) >= 11 is 0. The van der Waals surface area contributed by atoms with Crippen LogP contribution < -0.4 is 14.5 Å². The molecule has 25 heavy (non-hydrogen) atoms. The maximum absolute atomic E-state index is 12.1. The van der Waals surface area contributed by atoms with Crippen molar-refractivity contribution >= 4 is 33.1 Å². The van der Waals surface area contributed by atoms with Crippen molar-refractivity contribution in [3.8, 4) is 0 Å². The third kappa shape index (κ3) is 5.21. The molecule has 2 aromatic rings. The van der Waals surface area contributed by atoms with E-state index in [2.05, 4.69) is 10.5 Å². The smallest absolute Gasteiger partial charge is 0.233 e. The molecule has 2 rings (SSSR count). The molecule has 1 aromatic carbocycles. The second kappa shape index (κ2) is 7.56. The molecule has 136 valence electrons. The molecule has 1 aromatic heterocycles. The Labute approximate surface area is 147 Å². The molecule has 1 amide bonds. The molecule has 1 N–H and O–H groups in total. The van der Waals surface area contributed by atoms with E-state index in [1.165, 1.54) is 6.07 Å². The van der Waals surface area contributed by atoms with Crippen LogP contribution in [0.25, 0.3) is 0 Å². The number of carbonyl (C=O) groups is 1. The van der Waals surface area contributed by atoms with Crippen LogP contribution in [0.3, 0.4) is 0 Å². The highest BCUT2D eigenvalue weighted by molar-refractivity contribution is 7.92. The average molecular weight is 366 g/mol. The number of rotatable bonds is 7. The zero-order valence-electron chi connectivity index (χ0n) is 14.7. The highest BCUT2D eigenvalue weighted by atomic mass is 32.2. The lowest BCUT2D eigenvalue weighted by Gasteiger charge is -2.18. The van der Waals surface area contributed by atoms with Crippen LogP contribution in [0.4, 0.5) is 17.2 Å². The Kier molecular flexibility index (Phi) is 5.68. The molecular weight excluding hydrogens is 344 g/mol. The van der Waals surface area contributed by atoms with Crippen LogP contribution in [0.1, 0.15) is 12.2 Å². The largest absolute Gasteiger partial charge is 0.378 e. The van der Waals surface area contributed by atoms with Gasteiger partial charge in [0.05, 0.1) is 6.26 Å². The zero-order valence-corrected chi connectivity index (χ0v) is 15.5. The van der Waals surface area contributed by atoms with Gasteiger partial charge in [-0.1, -0.05) is 5.16 Å². The van der Waals surface area contributed by atoms with Gasteiger partial charge in [-0.25, -0.2) is 8.42 Å². The predicted octanol–water partition coefficient (Wildman–Crippen LogP) is 1.84. The van der Waals surface area contributed by atoms with Gasteiger partial charge in [0.1, 0.15) is 5.76 Å². The topological polar surface area (TPSA) is 95.8 Å². The number of nitrogens with zero attached hydrogens (tertiary/aromatic N) is 3. The molecule has 9 heteroatoms. The number of hydrogen-bond donors (Lipinski definition) is 1. The van der Waals surface area contributed by atoms with Crippen molar-refractivity contribution in [3.05, 3.63) is 36.1 Å². The van der Waals surface area contributed by atoms with Crippen molar-refractivity contribution in [2.75, 3.05) is 41.4 Å². The first kappa shape index (κ1) is 18.8. The molecule has 8 nitrogen and oxygen atoms in total. The number of benzene rings is 1. The van der Waals surface area contributed by atoms with Gasteiger partial charge >= 0.3 is 0 Å². The number of aryl methyl sites for hydroxylation is 1. The molecule has 0 unspecified atom stereocenters. The summed E-state index contributed by atoms with van der Waals surface area (Å²) in [6.07, 6.45) is 1.06. The predicted molar refractivity (Wildman–Crippen MR) is 97.4 cm³/mol. The molecule has 0 aliphatic rings. The van der Waals surface area contributed by atoms with Gasteiger partial charge in [0, 0.05) is 44.5 Å². The fourth-order valence-electron chi connectivity index (χ4n) is 2.19. The molecule has 0 radical (unpaired) electrons. The van der Waals surface area contributed by atoms with Gasteiger partial charge in [0.2, 0.25) is 15.9 Å². The maximum Gasteiger partial charge on any atom is 0.233 e. The standard InChI is InChI=1S/C16H22N4O4S/c1-12-11-15(18-24-12)20(25(4,22)23)10-9-16(21)17-13-5-7-14(8-6-13)19(2)3/h5-8,11H,9-10H2,1-4H3,(H,17,21). The Morgan fingerprint density at radius 1 is 1.24 bits per heavy atom. The van der Waals surface area contributed by atoms with Gasteiger partial charge in [-0.3, -0.25) is 9.10 Å². The summed E-state index contributed by atoms with van der Waals surface area (Å²) in [7, 11) is 0.296.